The van der Waals surface area contributed by atoms with Crippen LogP contribution in [0.5, 0.6) is 0 Å². The molecule has 0 spiro atoms. The van der Waals surface area contributed by atoms with Crippen molar-refractivity contribution in [2.45, 2.75) is 31.7 Å². The van der Waals surface area contributed by atoms with E-state index in [1.165, 1.54) is 32.4 Å². The molecule has 0 radical (unpaired) electrons. The average molecular weight is 351 g/mol. The minimum absolute atomic E-state index is 0.252. The molecule has 1 atom stereocenters. The molecule has 3 rings (SSSR count). The van der Waals surface area contributed by atoms with Gasteiger partial charge >= 0.3 is 0 Å². The van der Waals surface area contributed by atoms with Crippen LogP contribution in [0.25, 0.3) is 0 Å². The topological polar surface area (TPSA) is 23.6 Å². The maximum absolute atomic E-state index is 12.3. The Balaban J connectivity index is 1.50. The summed E-state index contributed by atoms with van der Waals surface area (Å²) in [6, 6.07) is 8.44. The predicted molar refractivity (Wildman–Crippen MR) is 88.7 cm³/mol. The van der Waals surface area contributed by atoms with Gasteiger partial charge in [0.05, 0.1) is 0 Å². The summed E-state index contributed by atoms with van der Waals surface area (Å²) in [5.74, 6) is 0.252. The van der Waals surface area contributed by atoms with Gasteiger partial charge in [-0.25, -0.2) is 0 Å². The van der Waals surface area contributed by atoms with Crippen LogP contribution in [0.2, 0.25) is 0 Å². The van der Waals surface area contributed by atoms with Crippen LogP contribution in [0.15, 0.2) is 28.7 Å². The Morgan fingerprint density at radius 3 is 3.00 bits per heavy atom. The van der Waals surface area contributed by atoms with E-state index in [4.69, 9.17) is 0 Å². The maximum atomic E-state index is 12.3. The van der Waals surface area contributed by atoms with Gasteiger partial charge in [-0.1, -0.05) is 34.5 Å². The van der Waals surface area contributed by atoms with Crippen molar-refractivity contribution in [3.8, 4) is 0 Å². The molecule has 1 aromatic rings. The van der Waals surface area contributed by atoms with Crippen molar-refractivity contribution in [2.24, 2.45) is 0 Å². The van der Waals surface area contributed by atoms with Crippen LogP contribution >= 0.6 is 15.9 Å². The summed E-state index contributed by atoms with van der Waals surface area (Å²) in [6.07, 6.45) is 4.68. The van der Waals surface area contributed by atoms with Crippen LogP contribution in [0, 0.1) is 0 Å². The lowest BCUT2D eigenvalue weighted by Crippen LogP contribution is -2.54. The van der Waals surface area contributed by atoms with Crippen LogP contribution in [0.4, 0.5) is 0 Å². The van der Waals surface area contributed by atoms with Crippen molar-refractivity contribution in [3.05, 3.63) is 34.3 Å². The number of ketones is 1. The summed E-state index contributed by atoms with van der Waals surface area (Å²) >= 11 is 3.43. The monoisotopic (exact) mass is 350 g/mol. The lowest BCUT2D eigenvalue weighted by atomic mass is 9.99. The number of nitrogens with zero attached hydrogens (tertiary/aromatic N) is 2. The summed E-state index contributed by atoms with van der Waals surface area (Å²) in [6.45, 7) is 5.61. The van der Waals surface area contributed by atoms with Gasteiger partial charge in [0.2, 0.25) is 0 Å². The summed E-state index contributed by atoms with van der Waals surface area (Å²) in [5.41, 5.74) is 0.820. The zero-order valence-electron chi connectivity index (χ0n) is 12.4. The lowest BCUT2D eigenvalue weighted by molar-refractivity contribution is 0.0480. The minimum Gasteiger partial charge on any atom is -0.300 e. The highest BCUT2D eigenvalue weighted by atomic mass is 79.9. The van der Waals surface area contributed by atoms with E-state index in [0.29, 0.717) is 6.42 Å². The average Bonchev–Trinajstić information content (AvgIpc) is 2.52. The molecule has 1 aromatic carbocycles. The number of carbonyl (C=O) groups is 1. The molecule has 0 amide bonds. The maximum Gasteiger partial charge on any atom is 0.164 e. The van der Waals surface area contributed by atoms with E-state index in [9.17, 15) is 4.79 Å². The Bertz CT molecular complexity index is 505. The number of rotatable bonds is 4. The highest BCUT2D eigenvalue weighted by Crippen LogP contribution is 2.21. The van der Waals surface area contributed by atoms with E-state index in [-0.39, 0.29) is 5.78 Å². The third kappa shape index (κ3) is 3.93. The second kappa shape index (κ2) is 7.03. The Morgan fingerprint density at radius 1 is 1.24 bits per heavy atom. The molecule has 2 aliphatic heterocycles. The van der Waals surface area contributed by atoms with Crippen molar-refractivity contribution < 1.29 is 4.79 Å². The molecule has 2 saturated heterocycles. The number of benzene rings is 1. The molecule has 4 heteroatoms. The number of halogens is 1. The summed E-state index contributed by atoms with van der Waals surface area (Å²) in [4.78, 5) is 17.4. The molecule has 0 saturated carbocycles. The quantitative estimate of drug-likeness (QED) is 0.779. The first-order valence-corrected chi connectivity index (χ1v) is 8.77. The summed E-state index contributed by atoms with van der Waals surface area (Å²) in [5, 5.41) is 0. The highest BCUT2D eigenvalue weighted by molar-refractivity contribution is 9.10. The van der Waals surface area contributed by atoms with E-state index < -0.39 is 0 Å². The number of hydrogen-bond acceptors (Lipinski definition) is 3. The Morgan fingerprint density at radius 2 is 2.14 bits per heavy atom. The molecule has 0 aromatic heterocycles. The van der Waals surface area contributed by atoms with Gasteiger partial charge in [-0.3, -0.25) is 9.69 Å². The summed E-state index contributed by atoms with van der Waals surface area (Å²) in [7, 11) is 0. The Labute approximate surface area is 135 Å². The number of fused-ring (bicyclic) bond motifs is 1. The van der Waals surface area contributed by atoms with E-state index in [0.717, 1.165) is 35.7 Å². The van der Waals surface area contributed by atoms with Gasteiger partial charge in [0.15, 0.2) is 5.78 Å². The molecular formula is C17H23BrN2O. The number of carbonyl (C=O) groups excluding carboxylic acids is 1. The van der Waals surface area contributed by atoms with Gasteiger partial charge in [-0.2, -0.15) is 0 Å². The van der Waals surface area contributed by atoms with Crippen LogP contribution in [-0.2, 0) is 0 Å². The molecule has 21 heavy (non-hydrogen) atoms. The van der Waals surface area contributed by atoms with Crippen molar-refractivity contribution in [3.63, 3.8) is 0 Å². The largest absolute Gasteiger partial charge is 0.300 e. The van der Waals surface area contributed by atoms with Crippen molar-refractivity contribution in [1.82, 2.24) is 9.80 Å². The number of piperazine rings is 1. The normalized spacial score (nSPS) is 23.8. The second-order valence-corrected chi connectivity index (χ2v) is 7.09. The second-order valence-electron chi connectivity index (χ2n) is 6.17. The first-order valence-electron chi connectivity index (χ1n) is 7.97. The van der Waals surface area contributed by atoms with Gasteiger partial charge in [0, 0.05) is 48.7 Å². The zero-order valence-corrected chi connectivity index (χ0v) is 14.0. The number of piperidine rings is 1. The fraction of sp³-hybridized carbons (Fsp3) is 0.588. The van der Waals surface area contributed by atoms with Gasteiger partial charge in [-0.15, -0.1) is 0 Å². The van der Waals surface area contributed by atoms with Crippen LogP contribution in [0.1, 0.15) is 36.0 Å². The van der Waals surface area contributed by atoms with Crippen molar-refractivity contribution in [2.75, 3.05) is 32.7 Å². The van der Waals surface area contributed by atoms with E-state index >= 15 is 0 Å². The van der Waals surface area contributed by atoms with Gasteiger partial charge in [-0.05, 0) is 31.5 Å². The van der Waals surface area contributed by atoms with Gasteiger partial charge in [0.1, 0.15) is 0 Å². The molecule has 0 aliphatic carbocycles. The zero-order chi connectivity index (χ0) is 14.7. The fourth-order valence-electron chi connectivity index (χ4n) is 3.49. The molecule has 2 heterocycles. The van der Waals surface area contributed by atoms with Crippen molar-refractivity contribution >= 4 is 21.7 Å². The van der Waals surface area contributed by atoms with Crippen LogP contribution < -0.4 is 0 Å². The smallest absolute Gasteiger partial charge is 0.164 e. The standard InChI is InChI=1S/C17H23BrN2O/c18-15-5-3-4-14(12-15)17(21)7-9-19-10-11-20-8-2-1-6-16(20)13-19/h3-5,12,16H,1-2,6-11,13H2. The van der Waals surface area contributed by atoms with Gasteiger partial charge in [0.25, 0.3) is 0 Å². The molecule has 0 bridgehead atoms. The minimum atomic E-state index is 0.252. The van der Waals surface area contributed by atoms with E-state index in [2.05, 4.69) is 25.7 Å². The molecule has 1 unspecified atom stereocenters. The molecule has 2 fully saturated rings. The van der Waals surface area contributed by atoms with E-state index in [1.54, 1.807) is 0 Å². The third-order valence-electron chi connectivity index (χ3n) is 4.72. The molecule has 3 nitrogen and oxygen atoms in total. The van der Waals surface area contributed by atoms with Crippen LogP contribution in [0.3, 0.4) is 0 Å². The van der Waals surface area contributed by atoms with E-state index in [1.807, 2.05) is 24.3 Å². The molecule has 0 N–H and O–H groups in total. The SMILES string of the molecule is O=C(CCN1CCN2CCCCC2C1)c1cccc(Br)c1. The predicted octanol–water partition coefficient (Wildman–Crippen LogP) is 3.19. The molecular weight excluding hydrogens is 328 g/mol. The number of hydrogen-bond donors (Lipinski definition) is 0. The first kappa shape index (κ1) is 15.2. The van der Waals surface area contributed by atoms with Crippen LogP contribution in [-0.4, -0.2) is 54.3 Å². The highest BCUT2D eigenvalue weighted by Gasteiger charge is 2.28. The fourth-order valence-corrected chi connectivity index (χ4v) is 3.89. The number of Topliss-reactive ketones (excluding diaryl/α,β-unsaturated/α-hetero) is 1. The van der Waals surface area contributed by atoms with Crippen molar-refractivity contribution in [1.29, 1.82) is 0 Å². The lowest BCUT2D eigenvalue weighted by Gasteiger charge is -2.44. The molecule has 114 valence electrons. The first-order chi connectivity index (χ1) is 10.2. The van der Waals surface area contributed by atoms with Gasteiger partial charge < -0.3 is 4.90 Å². The summed E-state index contributed by atoms with van der Waals surface area (Å²) < 4.78 is 0.976. The Hall–Kier alpha value is -0.710. The molecule has 2 aliphatic rings. The Kier molecular flexibility index (Phi) is 5.09. The third-order valence-corrected chi connectivity index (χ3v) is 5.22.